The predicted octanol–water partition coefficient (Wildman–Crippen LogP) is 4.43. The van der Waals surface area contributed by atoms with Crippen LogP contribution < -0.4 is 5.32 Å². The zero-order valence-electron chi connectivity index (χ0n) is 13.9. The molecule has 0 spiro atoms. The Morgan fingerprint density at radius 1 is 1.05 bits per heavy atom. The molecule has 0 bridgehead atoms. The Labute approximate surface area is 119 Å². The van der Waals surface area contributed by atoms with Crippen LogP contribution in [0.1, 0.15) is 49.9 Å². The molecule has 1 rings (SSSR count). The Balaban J connectivity index is 2.72. The largest absolute Gasteiger partial charge is 0.316 e. The molecule has 108 valence electrons. The third-order valence-electron chi connectivity index (χ3n) is 3.65. The van der Waals surface area contributed by atoms with Gasteiger partial charge in [-0.05, 0) is 61.8 Å². The maximum Gasteiger partial charge on any atom is 0.000582 e. The molecule has 1 aromatic rings. The number of hydrogen-bond acceptors (Lipinski definition) is 1. The zero-order chi connectivity index (χ0) is 14.6. The standard InChI is InChI=1S/C18H31N/c1-13(2)11-19-12-18(6,7)10-17-15(4)8-14(3)9-16(17)5/h8-9,13,19H,10-12H2,1-7H3. The lowest BCUT2D eigenvalue weighted by Gasteiger charge is -2.27. The molecule has 19 heavy (non-hydrogen) atoms. The van der Waals surface area contributed by atoms with Gasteiger partial charge >= 0.3 is 0 Å². The lowest BCUT2D eigenvalue weighted by molar-refractivity contribution is 0.329. The smallest absolute Gasteiger partial charge is 0.000582 e. The van der Waals surface area contributed by atoms with Gasteiger partial charge in [0.1, 0.15) is 0 Å². The van der Waals surface area contributed by atoms with Crippen LogP contribution in [0.4, 0.5) is 0 Å². The summed E-state index contributed by atoms with van der Waals surface area (Å²) < 4.78 is 0. The van der Waals surface area contributed by atoms with E-state index in [1.54, 1.807) is 0 Å². The van der Waals surface area contributed by atoms with Crippen LogP contribution in [-0.4, -0.2) is 13.1 Å². The highest BCUT2D eigenvalue weighted by Gasteiger charge is 2.20. The molecule has 0 aliphatic carbocycles. The van der Waals surface area contributed by atoms with Crippen molar-refractivity contribution >= 4 is 0 Å². The van der Waals surface area contributed by atoms with E-state index in [9.17, 15) is 0 Å². The first-order valence-corrected chi connectivity index (χ1v) is 7.49. The minimum Gasteiger partial charge on any atom is -0.316 e. The Morgan fingerprint density at radius 3 is 2.05 bits per heavy atom. The van der Waals surface area contributed by atoms with Gasteiger partial charge in [-0.15, -0.1) is 0 Å². The summed E-state index contributed by atoms with van der Waals surface area (Å²) in [6.07, 6.45) is 1.15. The second-order valence-corrected chi connectivity index (χ2v) is 7.24. The molecule has 0 amide bonds. The van der Waals surface area contributed by atoms with Crippen LogP contribution >= 0.6 is 0 Å². The molecule has 0 aliphatic heterocycles. The van der Waals surface area contributed by atoms with Gasteiger partial charge in [0.15, 0.2) is 0 Å². The van der Waals surface area contributed by atoms with Crippen molar-refractivity contribution in [2.24, 2.45) is 11.3 Å². The molecule has 1 nitrogen and oxygen atoms in total. The van der Waals surface area contributed by atoms with Crippen LogP contribution in [0, 0.1) is 32.1 Å². The summed E-state index contributed by atoms with van der Waals surface area (Å²) in [6.45, 7) is 18.1. The van der Waals surface area contributed by atoms with Crippen LogP contribution in [0.15, 0.2) is 12.1 Å². The summed E-state index contributed by atoms with van der Waals surface area (Å²) in [4.78, 5) is 0. The van der Waals surface area contributed by atoms with E-state index in [1.165, 1.54) is 22.3 Å². The summed E-state index contributed by atoms with van der Waals surface area (Å²) in [5.41, 5.74) is 6.08. The molecule has 0 saturated heterocycles. The normalized spacial score (nSPS) is 12.2. The molecule has 0 atom stereocenters. The fourth-order valence-corrected chi connectivity index (χ4v) is 2.73. The van der Waals surface area contributed by atoms with Crippen molar-refractivity contribution in [3.05, 3.63) is 34.4 Å². The number of benzene rings is 1. The fourth-order valence-electron chi connectivity index (χ4n) is 2.73. The van der Waals surface area contributed by atoms with Crippen molar-refractivity contribution in [3.63, 3.8) is 0 Å². The second-order valence-electron chi connectivity index (χ2n) is 7.24. The minimum atomic E-state index is 0.305. The lowest BCUT2D eigenvalue weighted by atomic mass is 9.82. The first-order chi connectivity index (χ1) is 8.71. The molecule has 0 aliphatic rings. The molecule has 0 saturated carbocycles. The van der Waals surface area contributed by atoms with Gasteiger partial charge in [-0.3, -0.25) is 0 Å². The first kappa shape index (κ1) is 16.2. The number of nitrogens with one attached hydrogen (secondary N) is 1. The molecular formula is C18H31N. The van der Waals surface area contributed by atoms with Crippen LogP contribution in [0.2, 0.25) is 0 Å². The molecular weight excluding hydrogens is 230 g/mol. The van der Waals surface area contributed by atoms with Crippen molar-refractivity contribution in [2.75, 3.05) is 13.1 Å². The number of rotatable bonds is 6. The molecule has 0 unspecified atom stereocenters. The number of hydrogen-bond donors (Lipinski definition) is 1. The quantitative estimate of drug-likeness (QED) is 0.799. The minimum absolute atomic E-state index is 0.305. The summed E-state index contributed by atoms with van der Waals surface area (Å²) in [6, 6.07) is 4.61. The molecule has 0 radical (unpaired) electrons. The average molecular weight is 261 g/mol. The van der Waals surface area contributed by atoms with E-state index in [0.717, 1.165) is 25.4 Å². The topological polar surface area (TPSA) is 12.0 Å². The van der Waals surface area contributed by atoms with Crippen LogP contribution in [-0.2, 0) is 6.42 Å². The molecule has 1 heteroatoms. The van der Waals surface area contributed by atoms with Gasteiger partial charge in [-0.25, -0.2) is 0 Å². The van der Waals surface area contributed by atoms with Crippen LogP contribution in [0.25, 0.3) is 0 Å². The second kappa shape index (κ2) is 6.56. The maximum absolute atomic E-state index is 3.60. The van der Waals surface area contributed by atoms with Crippen molar-refractivity contribution in [3.8, 4) is 0 Å². The van der Waals surface area contributed by atoms with E-state index in [4.69, 9.17) is 0 Å². The van der Waals surface area contributed by atoms with Gasteiger partial charge < -0.3 is 5.32 Å². The Hall–Kier alpha value is -0.820. The van der Waals surface area contributed by atoms with Gasteiger partial charge in [-0.1, -0.05) is 45.4 Å². The SMILES string of the molecule is Cc1cc(C)c(CC(C)(C)CNCC(C)C)c(C)c1. The van der Waals surface area contributed by atoms with Crippen LogP contribution in [0.5, 0.6) is 0 Å². The lowest BCUT2D eigenvalue weighted by Crippen LogP contribution is -2.33. The van der Waals surface area contributed by atoms with Crippen molar-refractivity contribution < 1.29 is 0 Å². The fraction of sp³-hybridized carbons (Fsp3) is 0.667. The highest BCUT2D eigenvalue weighted by Crippen LogP contribution is 2.26. The van der Waals surface area contributed by atoms with Crippen molar-refractivity contribution in [2.45, 2.75) is 54.9 Å². The highest BCUT2D eigenvalue weighted by molar-refractivity contribution is 5.38. The predicted molar refractivity (Wildman–Crippen MR) is 85.8 cm³/mol. The zero-order valence-corrected chi connectivity index (χ0v) is 13.9. The van der Waals surface area contributed by atoms with Gasteiger partial charge in [0.25, 0.3) is 0 Å². The Kier molecular flexibility index (Phi) is 5.61. The van der Waals surface area contributed by atoms with E-state index in [-0.39, 0.29) is 0 Å². The van der Waals surface area contributed by atoms with E-state index in [1.807, 2.05) is 0 Å². The van der Waals surface area contributed by atoms with Gasteiger partial charge in [-0.2, -0.15) is 0 Å². The third-order valence-corrected chi connectivity index (χ3v) is 3.65. The van der Waals surface area contributed by atoms with Crippen LogP contribution in [0.3, 0.4) is 0 Å². The van der Waals surface area contributed by atoms with E-state index >= 15 is 0 Å². The maximum atomic E-state index is 3.60. The van der Waals surface area contributed by atoms with Crippen molar-refractivity contribution in [1.29, 1.82) is 0 Å². The summed E-state index contributed by atoms with van der Waals surface area (Å²) in [5.74, 6) is 0.721. The molecule has 1 aromatic carbocycles. The summed E-state index contributed by atoms with van der Waals surface area (Å²) in [5, 5.41) is 3.60. The molecule has 1 N–H and O–H groups in total. The highest BCUT2D eigenvalue weighted by atomic mass is 14.9. The summed E-state index contributed by atoms with van der Waals surface area (Å²) >= 11 is 0. The monoisotopic (exact) mass is 261 g/mol. The van der Waals surface area contributed by atoms with Gasteiger partial charge in [0, 0.05) is 6.54 Å². The van der Waals surface area contributed by atoms with E-state index in [0.29, 0.717) is 5.41 Å². The molecule has 0 heterocycles. The Morgan fingerprint density at radius 2 is 1.58 bits per heavy atom. The number of aryl methyl sites for hydroxylation is 3. The third kappa shape index (κ3) is 5.36. The molecule has 0 aromatic heterocycles. The van der Waals surface area contributed by atoms with E-state index in [2.05, 4.69) is 65.9 Å². The van der Waals surface area contributed by atoms with Crippen molar-refractivity contribution in [1.82, 2.24) is 5.32 Å². The summed E-state index contributed by atoms with van der Waals surface area (Å²) in [7, 11) is 0. The van der Waals surface area contributed by atoms with E-state index < -0.39 is 0 Å². The Bertz CT molecular complexity index is 393. The van der Waals surface area contributed by atoms with Gasteiger partial charge in [0.2, 0.25) is 0 Å². The van der Waals surface area contributed by atoms with Gasteiger partial charge in [0.05, 0.1) is 0 Å². The molecule has 0 fully saturated rings. The first-order valence-electron chi connectivity index (χ1n) is 7.49. The average Bonchev–Trinajstić information content (AvgIpc) is 2.22.